The molecule has 0 N–H and O–H groups in total. The maximum Gasteiger partial charge on any atom is 0.159 e. The zero-order valence-electron chi connectivity index (χ0n) is 8.98. The number of aromatic nitrogens is 2. The number of nitrogens with zero attached hydrogens (tertiary/aromatic N) is 2. The van der Waals surface area contributed by atoms with Crippen LogP contribution in [0.2, 0.25) is 0 Å². The van der Waals surface area contributed by atoms with Gasteiger partial charge in [-0.15, -0.1) is 0 Å². The lowest BCUT2D eigenvalue weighted by molar-refractivity contribution is 0.325. The van der Waals surface area contributed by atoms with Crippen molar-refractivity contribution in [3.05, 3.63) is 24.3 Å². The monoisotopic (exact) mass is 224 g/mol. The molecule has 0 aromatic carbocycles. The van der Waals surface area contributed by atoms with Crippen molar-refractivity contribution in [3.63, 3.8) is 0 Å². The van der Waals surface area contributed by atoms with Gasteiger partial charge < -0.3 is 4.74 Å². The highest BCUT2D eigenvalue weighted by atomic mass is 32.1. The average Bonchev–Trinajstić information content (AvgIpc) is 2.26. The van der Waals surface area contributed by atoms with Gasteiger partial charge in [0, 0.05) is 18.8 Å². The topological polar surface area (TPSA) is 35.0 Å². The molecule has 15 heavy (non-hydrogen) atoms. The molecule has 0 amide bonds. The lowest BCUT2D eigenvalue weighted by Gasteiger charge is -2.04. The van der Waals surface area contributed by atoms with Gasteiger partial charge >= 0.3 is 0 Å². The molecule has 4 heteroatoms. The van der Waals surface area contributed by atoms with Crippen molar-refractivity contribution in [1.82, 2.24) is 9.97 Å². The van der Waals surface area contributed by atoms with Crippen molar-refractivity contribution < 1.29 is 4.74 Å². The Balaban J connectivity index is 2.10. The molecular weight excluding hydrogens is 208 g/mol. The van der Waals surface area contributed by atoms with Crippen LogP contribution in [0.25, 0.3) is 0 Å². The van der Waals surface area contributed by atoms with Crippen LogP contribution >= 0.6 is 12.2 Å². The molecule has 1 aromatic rings. The lowest BCUT2D eigenvalue weighted by Crippen LogP contribution is -2.01. The summed E-state index contributed by atoms with van der Waals surface area (Å²) in [6, 6.07) is 0. The van der Waals surface area contributed by atoms with E-state index in [2.05, 4.69) is 9.97 Å². The van der Waals surface area contributed by atoms with Crippen LogP contribution in [0.3, 0.4) is 0 Å². The predicted molar refractivity (Wildman–Crippen MR) is 63.8 cm³/mol. The molecule has 1 rings (SSSR count). The summed E-state index contributed by atoms with van der Waals surface area (Å²) in [6.45, 7) is 2.62. The van der Waals surface area contributed by atoms with Crippen molar-refractivity contribution in [2.75, 3.05) is 6.61 Å². The van der Waals surface area contributed by atoms with E-state index in [-0.39, 0.29) is 0 Å². The summed E-state index contributed by atoms with van der Waals surface area (Å²) in [5, 5.41) is 0.724. The fourth-order valence-electron chi connectivity index (χ4n) is 1.29. The molecule has 0 unspecified atom stereocenters. The van der Waals surface area contributed by atoms with E-state index in [4.69, 9.17) is 17.0 Å². The maximum absolute atomic E-state index is 5.20. The molecule has 3 nitrogen and oxygen atoms in total. The first-order valence-electron chi connectivity index (χ1n) is 5.22. The van der Waals surface area contributed by atoms with Gasteiger partial charge in [0.15, 0.2) is 5.05 Å². The summed E-state index contributed by atoms with van der Waals surface area (Å²) in [7, 11) is 0. The number of thiocarbonyl (C=S) groups is 1. The van der Waals surface area contributed by atoms with E-state index >= 15 is 0 Å². The largest absolute Gasteiger partial charge is 0.487 e. The summed E-state index contributed by atoms with van der Waals surface area (Å²) in [5.74, 6) is 0. The summed E-state index contributed by atoms with van der Waals surface area (Å²) in [4.78, 5) is 7.93. The van der Waals surface area contributed by atoms with Gasteiger partial charge in [0.25, 0.3) is 0 Å². The van der Waals surface area contributed by atoms with Crippen LogP contribution < -0.4 is 0 Å². The predicted octanol–water partition coefficient (Wildman–Crippen LogP) is 2.55. The second-order valence-corrected chi connectivity index (χ2v) is 3.71. The second kappa shape index (κ2) is 7.29. The molecule has 0 aliphatic heterocycles. The lowest BCUT2D eigenvalue weighted by atomic mass is 10.1. The van der Waals surface area contributed by atoms with Gasteiger partial charge in [0.2, 0.25) is 0 Å². The minimum atomic E-state index is 0.672. The average molecular weight is 224 g/mol. The van der Waals surface area contributed by atoms with Crippen molar-refractivity contribution in [3.8, 4) is 0 Å². The summed E-state index contributed by atoms with van der Waals surface area (Å²) in [6.07, 6.45) is 9.30. The Hall–Kier alpha value is -1.03. The van der Waals surface area contributed by atoms with E-state index in [0.717, 1.165) is 30.7 Å². The molecule has 0 aliphatic carbocycles. The molecule has 0 atom stereocenters. The Morgan fingerprint density at radius 2 is 2.07 bits per heavy atom. The summed E-state index contributed by atoms with van der Waals surface area (Å²) >= 11 is 5.04. The third-order valence-electron chi connectivity index (χ3n) is 2.02. The Morgan fingerprint density at radius 1 is 1.33 bits per heavy atom. The number of rotatable bonds is 6. The van der Waals surface area contributed by atoms with Crippen LogP contribution in [-0.4, -0.2) is 21.6 Å². The van der Waals surface area contributed by atoms with Crippen LogP contribution in [0.15, 0.2) is 18.7 Å². The SMILES string of the molecule is CCOC(=S)CCCCc1cncnc1. The van der Waals surface area contributed by atoms with Crippen molar-refractivity contribution >= 4 is 17.3 Å². The van der Waals surface area contributed by atoms with Gasteiger partial charge in [-0.25, -0.2) is 9.97 Å². The minimum absolute atomic E-state index is 0.672. The van der Waals surface area contributed by atoms with Crippen LogP contribution in [0.1, 0.15) is 31.7 Å². The smallest absolute Gasteiger partial charge is 0.159 e. The van der Waals surface area contributed by atoms with E-state index in [1.54, 1.807) is 6.33 Å². The summed E-state index contributed by atoms with van der Waals surface area (Å²) in [5.41, 5.74) is 1.18. The molecule has 1 heterocycles. The fraction of sp³-hybridized carbons (Fsp3) is 0.545. The Morgan fingerprint density at radius 3 is 2.73 bits per heavy atom. The van der Waals surface area contributed by atoms with Crippen molar-refractivity contribution in [2.45, 2.75) is 32.6 Å². The Kier molecular flexibility index (Phi) is 5.85. The highest BCUT2D eigenvalue weighted by molar-refractivity contribution is 7.80. The normalized spacial score (nSPS) is 9.93. The van der Waals surface area contributed by atoms with Gasteiger partial charge in [-0.05, 0) is 44.0 Å². The Labute approximate surface area is 95.9 Å². The fourth-order valence-corrected chi connectivity index (χ4v) is 1.55. The zero-order chi connectivity index (χ0) is 10.9. The molecule has 0 saturated carbocycles. The van der Waals surface area contributed by atoms with E-state index in [9.17, 15) is 0 Å². The van der Waals surface area contributed by atoms with Gasteiger partial charge in [0.05, 0.1) is 6.61 Å². The molecule has 0 aliphatic rings. The first kappa shape index (κ1) is 12.0. The third kappa shape index (κ3) is 5.42. The minimum Gasteiger partial charge on any atom is -0.487 e. The number of ether oxygens (including phenoxy) is 1. The first-order valence-corrected chi connectivity index (χ1v) is 5.63. The molecule has 0 radical (unpaired) electrons. The second-order valence-electron chi connectivity index (χ2n) is 3.26. The van der Waals surface area contributed by atoms with Gasteiger partial charge in [0.1, 0.15) is 6.33 Å². The molecule has 0 saturated heterocycles. The highest BCUT2D eigenvalue weighted by Crippen LogP contribution is 2.05. The van der Waals surface area contributed by atoms with Crippen LogP contribution in [0.5, 0.6) is 0 Å². The number of aryl methyl sites for hydroxylation is 1. The van der Waals surface area contributed by atoms with Crippen LogP contribution in [0.4, 0.5) is 0 Å². The van der Waals surface area contributed by atoms with E-state index in [1.807, 2.05) is 19.3 Å². The molecular formula is C11H16N2OS. The highest BCUT2D eigenvalue weighted by Gasteiger charge is 1.97. The molecule has 0 bridgehead atoms. The Bertz CT molecular complexity index is 290. The van der Waals surface area contributed by atoms with Gasteiger partial charge in [-0.2, -0.15) is 0 Å². The third-order valence-corrected chi connectivity index (χ3v) is 2.34. The number of hydrogen-bond acceptors (Lipinski definition) is 4. The first-order chi connectivity index (χ1) is 7.33. The van der Waals surface area contributed by atoms with E-state index in [1.165, 1.54) is 5.56 Å². The zero-order valence-corrected chi connectivity index (χ0v) is 9.80. The maximum atomic E-state index is 5.20. The number of unbranched alkanes of at least 4 members (excludes halogenated alkanes) is 1. The standard InChI is InChI=1S/C11H16N2OS/c1-2-14-11(15)6-4-3-5-10-7-12-9-13-8-10/h7-9H,2-6H2,1H3. The van der Waals surface area contributed by atoms with Crippen molar-refractivity contribution in [1.29, 1.82) is 0 Å². The quantitative estimate of drug-likeness (QED) is 0.549. The van der Waals surface area contributed by atoms with Crippen LogP contribution in [0, 0.1) is 0 Å². The molecule has 1 aromatic heterocycles. The molecule has 0 spiro atoms. The number of hydrogen-bond donors (Lipinski definition) is 0. The van der Waals surface area contributed by atoms with Crippen LogP contribution in [-0.2, 0) is 11.2 Å². The molecule has 0 fully saturated rings. The summed E-state index contributed by atoms with van der Waals surface area (Å²) < 4.78 is 5.20. The molecule has 82 valence electrons. The van der Waals surface area contributed by atoms with E-state index < -0.39 is 0 Å². The van der Waals surface area contributed by atoms with E-state index in [0.29, 0.717) is 6.61 Å². The van der Waals surface area contributed by atoms with Crippen molar-refractivity contribution in [2.24, 2.45) is 0 Å². The van der Waals surface area contributed by atoms with Gasteiger partial charge in [-0.1, -0.05) is 0 Å². The van der Waals surface area contributed by atoms with Gasteiger partial charge in [-0.3, -0.25) is 0 Å².